The van der Waals surface area contributed by atoms with Crippen LogP contribution in [0.3, 0.4) is 0 Å². The fraction of sp³-hybridized carbons (Fsp3) is 1.00. The van der Waals surface area contributed by atoms with E-state index in [4.69, 9.17) is 0 Å². The van der Waals surface area contributed by atoms with Gasteiger partial charge in [0.25, 0.3) is 0 Å². The van der Waals surface area contributed by atoms with Crippen molar-refractivity contribution in [2.75, 3.05) is 13.6 Å². The normalized spacial score (nSPS) is 35.0. The van der Waals surface area contributed by atoms with Gasteiger partial charge in [-0.1, -0.05) is 20.3 Å². The number of nitrogens with zero attached hydrogens (tertiary/aromatic N) is 1. The average Bonchev–Trinajstić information content (AvgIpc) is 2.08. The standard InChI is InChI=1S/C11H23N/c1-5-9(2)11-7-6-10(3)12(4)8-11/h9-11H,5-8H2,1-4H3. The van der Waals surface area contributed by atoms with Crippen molar-refractivity contribution in [3.8, 4) is 0 Å². The van der Waals surface area contributed by atoms with Crippen LogP contribution in [-0.4, -0.2) is 24.5 Å². The molecule has 3 atom stereocenters. The molecule has 0 saturated carbocycles. The SMILES string of the molecule is CCC(C)C1CCC(C)N(C)C1. The van der Waals surface area contributed by atoms with E-state index >= 15 is 0 Å². The monoisotopic (exact) mass is 169 g/mol. The van der Waals surface area contributed by atoms with E-state index in [1.165, 1.54) is 25.8 Å². The molecule has 0 spiro atoms. The highest BCUT2D eigenvalue weighted by Crippen LogP contribution is 2.27. The molecule has 12 heavy (non-hydrogen) atoms. The first kappa shape index (κ1) is 10.0. The number of rotatable bonds is 2. The molecule has 0 radical (unpaired) electrons. The molecule has 1 heteroatoms. The fourth-order valence-corrected chi connectivity index (χ4v) is 2.11. The Kier molecular flexibility index (Phi) is 3.57. The molecular formula is C11H23N. The Hall–Kier alpha value is -0.0400. The predicted molar refractivity (Wildman–Crippen MR) is 54.3 cm³/mol. The Balaban J connectivity index is 2.39. The predicted octanol–water partition coefficient (Wildman–Crippen LogP) is 2.76. The third-order valence-electron chi connectivity index (χ3n) is 3.68. The number of likely N-dealkylation sites (tertiary alicyclic amines) is 1. The van der Waals surface area contributed by atoms with Gasteiger partial charge < -0.3 is 4.90 Å². The number of hydrogen-bond acceptors (Lipinski definition) is 1. The van der Waals surface area contributed by atoms with Crippen LogP contribution in [0.2, 0.25) is 0 Å². The van der Waals surface area contributed by atoms with Gasteiger partial charge in [-0.15, -0.1) is 0 Å². The van der Waals surface area contributed by atoms with Gasteiger partial charge in [0.15, 0.2) is 0 Å². The summed E-state index contributed by atoms with van der Waals surface area (Å²) in [5.74, 6) is 1.87. The van der Waals surface area contributed by atoms with E-state index in [1.54, 1.807) is 0 Å². The molecule has 0 aromatic rings. The number of piperidine rings is 1. The van der Waals surface area contributed by atoms with E-state index in [2.05, 4.69) is 32.7 Å². The van der Waals surface area contributed by atoms with Gasteiger partial charge in [-0.3, -0.25) is 0 Å². The molecule has 1 heterocycles. The molecule has 72 valence electrons. The number of hydrogen-bond donors (Lipinski definition) is 0. The molecule has 0 aromatic heterocycles. The van der Waals surface area contributed by atoms with E-state index in [1.807, 2.05) is 0 Å². The molecule has 0 amide bonds. The van der Waals surface area contributed by atoms with Crippen LogP contribution < -0.4 is 0 Å². The maximum Gasteiger partial charge on any atom is 0.00641 e. The lowest BCUT2D eigenvalue weighted by Crippen LogP contribution is -2.40. The summed E-state index contributed by atoms with van der Waals surface area (Å²) in [6.07, 6.45) is 4.18. The van der Waals surface area contributed by atoms with Gasteiger partial charge in [-0.25, -0.2) is 0 Å². The van der Waals surface area contributed by atoms with Gasteiger partial charge >= 0.3 is 0 Å². The van der Waals surface area contributed by atoms with Crippen molar-refractivity contribution in [3.05, 3.63) is 0 Å². The van der Waals surface area contributed by atoms with Crippen LogP contribution in [0, 0.1) is 11.8 Å². The minimum absolute atomic E-state index is 0.810. The zero-order valence-electron chi connectivity index (χ0n) is 9.01. The van der Waals surface area contributed by atoms with Crippen molar-refractivity contribution in [2.24, 2.45) is 11.8 Å². The lowest BCUT2D eigenvalue weighted by Gasteiger charge is -2.37. The summed E-state index contributed by atoms with van der Waals surface area (Å²) in [5.41, 5.74) is 0. The second-order valence-corrected chi connectivity index (χ2v) is 4.51. The first-order chi connectivity index (χ1) is 5.65. The van der Waals surface area contributed by atoms with Gasteiger partial charge in [-0.2, -0.15) is 0 Å². The molecule has 1 aliphatic rings. The molecule has 3 unspecified atom stereocenters. The van der Waals surface area contributed by atoms with Crippen molar-refractivity contribution in [1.82, 2.24) is 4.90 Å². The maximum absolute atomic E-state index is 2.51. The largest absolute Gasteiger partial charge is 0.303 e. The van der Waals surface area contributed by atoms with Gasteiger partial charge in [0, 0.05) is 12.6 Å². The third kappa shape index (κ3) is 2.22. The highest BCUT2D eigenvalue weighted by molar-refractivity contribution is 4.78. The zero-order valence-corrected chi connectivity index (χ0v) is 9.01. The summed E-state index contributed by atoms with van der Waals surface area (Å²) >= 11 is 0. The van der Waals surface area contributed by atoms with Gasteiger partial charge in [-0.05, 0) is 38.6 Å². The van der Waals surface area contributed by atoms with Crippen LogP contribution in [0.4, 0.5) is 0 Å². The highest BCUT2D eigenvalue weighted by atomic mass is 15.1. The Labute approximate surface area is 77.1 Å². The minimum Gasteiger partial charge on any atom is -0.303 e. The van der Waals surface area contributed by atoms with Crippen LogP contribution in [0.15, 0.2) is 0 Å². The average molecular weight is 169 g/mol. The van der Waals surface area contributed by atoms with Crippen molar-refractivity contribution in [1.29, 1.82) is 0 Å². The van der Waals surface area contributed by atoms with Crippen LogP contribution in [0.1, 0.15) is 40.0 Å². The fourth-order valence-electron chi connectivity index (χ4n) is 2.11. The van der Waals surface area contributed by atoms with E-state index in [-0.39, 0.29) is 0 Å². The van der Waals surface area contributed by atoms with E-state index < -0.39 is 0 Å². The topological polar surface area (TPSA) is 3.24 Å². The van der Waals surface area contributed by atoms with Crippen LogP contribution in [0.5, 0.6) is 0 Å². The highest BCUT2D eigenvalue weighted by Gasteiger charge is 2.25. The smallest absolute Gasteiger partial charge is 0.00641 e. The van der Waals surface area contributed by atoms with Crippen LogP contribution >= 0.6 is 0 Å². The minimum atomic E-state index is 0.810. The van der Waals surface area contributed by atoms with Crippen molar-refractivity contribution in [3.63, 3.8) is 0 Å². The van der Waals surface area contributed by atoms with E-state index in [0.717, 1.165) is 17.9 Å². The summed E-state index contributed by atoms with van der Waals surface area (Å²) in [7, 11) is 2.26. The van der Waals surface area contributed by atoms with E-state index in [0.29, 0.717) is 0 Å². The third-order valence-corrected chi connectivity index (χ3v) is 3.68. The van der Waals surface area contributed by atoms with E-state index in [9.17, 15) is 0 Å². The molecular weight excluding hydrogens is 146 g/mol. The lowest BCUT2D eigenvalue weighted by molar-refractivity contribution is 0.117. The van der Waals surface area contributed by atoms with Crippen molar-refractivity contribution in [2.45, 2.75) is 46.1 Å². The van der Waals surface area contributed by atoms with Gasteiger partial charge in [0.2, 0.25) is 0 Å². The molecule has 1 saturated heterocycles. The molecule has 1 aliphatic heterocycles. The summed E-state index contributed by atoms with van der Waals surface area (Å²) < 4.78 is 0. The molecule has 1 nitrogen and oxygen atoms in total. The Bertz CT molecular complexity index is 133. The van der Waals surface area contributed by atoms with Gasteiger partial charge in [0.05, 0.1) is 0 Å². The molecule has 1 fully saturated rings. The van der Waals surface area contributed by atoms with Crippen molar-refractivity contribution < 1.29 is 0 Å². The summed E-state index contributed by atoms with van der Waals surface area (Å²) in [6, 6.07) is 0.810. The van der Waals surface area contributed by atoms with Crippen LogP contribution in [-0.2, 0) is 0 Å². The quantitative estimate of drug-likeness (QED) is 0.614. The lowest BCUT2D eigenvalue weighted by atomic mass is 9.83. The summed E-state index contributed by atoms with van der Waals surface area (Å²) in [5, 5.41) is 0. The second kappa shape index (κ2) is 4.27. The second-order valence-electron chi connectivity index (χ2n) is 4.51. The molecule has 1 rings (SSSR count). The summed E-state index contributed by atoms with van der Waals surface area (Å²) in [6.45, 7) is 8.36. The molecule has 0 aliphatic carbocycles. The molecule has 0 N–H and O–H groups in total. The van der Waals surface area contributed by atoms with Crippen LogP contribution in [0.25, 0.3) is 0 Å². The van der Waals surface area contributed by atoms with Gasteiger partial charge in [0.1, 0.15) is 0 Å². The molecule has 0 aromatic carbocycles. The first-order valence-electron chi connectivity index (χ1n) is 5.35. The maximum atomic E-state index is 2.51. The zero-order chi connectivity index (χ0) is 9.14. The Morgan fingerprint density at radius 3 is 2.58 bits per heavy atom. The van der Waals surface area contributed by atoms with Crippen molar-refractivity contribution >= 4 is 0 Å². The first-order valence-corrected chi connectivity index (χ1v) is 5.35. The Morgan fingerprint density at radius 1 is 1.42 bits per heavy atom. The Morgan fingerprint density at radius 2 is 2.08 bits per heavy atom. The molecule has 0 bridgehead atoms. The summed E-state index contributed by atoms with van der Waals surface area (Å²) in [4.78, 5) is 2.51.